The van der Waals surface area contributed by atoms with Gasteiger partial charge in [0.25, 0.3) is 0 Å². The number of aliphatic hydroxyl groups excluding tert-OH is 1. The highest BCUT2D eigenvalue weighted by atomic mass is 32.2. The molecule has 1 aliphatic heterocycles. The number of unbranched alkanes of at least 4 members (excludes halogenated alkanes) is 10. The zero-order chi connectivity index (χ0) is 35.6. The van der Waals surface area contributed by atoms with Gasteiger partial charge in [-0.2, -0.15) is 0 Å². The number of benzene rings is 3. The lowest BCUT2D eigenvalue weighted by Gasteiger charge is -2.43. The van der Waals surface area contributed by atoms with Crippen LogP contribution in [-0.2, 0) is 32.6 Å². The van der Waals surface area contributed by atoms with Crippen molar-refractivity contribution in [2.24, 2.45) is 5.92 Å². The number of sulfonamides is 1. The van der Waals surface area contributed by atoms with Crippen LogP contribution in [0.3, 0.4) is 0 Å². The van der Waals surface area contributed by atoms with Crippen LogP contribution in [0.25, 0.3) is 0 Å². The van der Waals surface area contributed by atoms with E-state index in [2.05, 4.69) is 42.5 Å². The number of ether oxygens (including phenoxy) is 2. The highest BCUT2D eigenvalue weighted by molar-refractivity contribution is 7.89. The molecule has 0 bridgehead atoms. The molecule has 0 saturated carbocycles. The number of hydrogen-bond acceptors (Lipinski definition) is 6. The molecular formula is C42H62N2O5S. The third-order valence-corrected chi connectivity index (χ3v) is 11.4. The second-order valence-electron chi connectivity index (χ2n) is 14.0. The lowest BCUT2D eigenvalue weighted by molar-refractivity contribution is -0.276. The summed E-state index contributed by atoms with van der Waals surface area (Å²) >= 11 is 0. The Morgan fingerprint density at radius 3 is 1.80 bits per heavy atom. The first-order chi connectivity index (χ1) is 24.3. The van der Waals surface area contributed by atoms with Crippen molar-refractivity contribution in [3.63, 3.8) is 0 Å². The maximum Gasteiger partial charge on any atom is 0.240 e. The summed E-state index contributed by atoms with van der Waals surface area (Å²) in [7, 11) is -3.60. The maximum atomic E-state index is 12.8. The molecule has 3 aromatic carbocycles. The summed E-state index contributed by atoms with van der Waals surface area (Å²) < 4.78 is 41.8. The molecule has 0 amide bonds. The van der Waals surface area contributed by atoms with Gasteiger partial charge in [-0.1, -0.05) is 152 Å². The van der Waals surface area contributed by atoms with E-state index in [1.807, 2.05) is 36.4 Å². The Morgan fingerprint density at radius 1 is 0.680 bits per heavy atom. The highest BCUT2D eigenvalue weighted by Crippen LogP contribution is 2.42. The Morgan fingerprint density at radius 2 is 1.22 bits per heavy atom. The fourth-order valence-electron chi connectivity index (χ4n) is 6.76. The van der Waals surface area contributed by atoms with Crippen molar-refractivity contribution in [1.82, 2.24) is 9.62 Å². The molecule has 276 valence electrons. The summed E-state index contributed by atoms with van der Waals surface area (Å²) in [5.74, 6) is 0.120. The normalized spacial score (nSPS) is 19.6. The van der Waals surface area contributed by atoms with Crippen LogP contribution in [0.2, 0.25) is 0 Å². The number of aliphatic hydroxyl groups is 1. The van der Waals surface area contributed by atoms with E-state index in [4.69, 9.17) is 9.47 Å². The fraction of sp³-hybridized carbons (Fsp3) is 0.571. The topological polar surface area (TPSA) is 88.1 Å². The van der Waals surface area contributed by atoms with Crippen molar-refractivity contribution in [1.29, 1.82) is 0 Å². The maximum absolute atomic E-state index is 12.8. The summed E-state index contributed by atoms with van der Waals surface area (Å²) in [6.45, 7) is 10.0. The third kappa shape index (κ3) is 12.9. The molecular weight excluding hydrogens is 645 g/mol. The molecule has 50 heavy (non-hydrogen) atoms. The number of nitrogens with one attached hydrogen (secondary N) is 1. The van der Waals surface area contributed by atoms with Crippen molar-refractivity contribution < 1.29 is 23.0 Å². The quantitative estimate of drug-likeness (QED) is 0.0956. The standard InChI is InChI=1S/C42H62N2O5S/c1-4-6-8-10-12-17-29-44(30-18-13-11-9-7-5-2)32-40-34(3)41(37-25-23-36(33-45)24-26-37)49-42(48-40)38-27-21-35(22-28-38)31-43-50(46,47)39-19-15-14-16-20-39/h14-16,19-28,34,40-43,45H,4-13,17-18,29-33H2,1-3H3. The minimum Gasteiger partial charge on any atom is -0.392 e. The zero-order valence-corrected chi connectivity index (χ0v) is 31.6. The van der Waals surface area contributed by atoms with Gasteiger partial charge in [0.1, 0.15) is 0 Å². The largest absolute Gasteiger partial charge is 0.392 e. The Bertz CT molecular complexity index is 1430. The lowest BCUT2D eigenvalue weighted by atomic mass is 9.90. The smallest absolute Gasteiger partial charge is 0.240 e. The molecule has 7 nitrogen and oxygen atoms in total. The average Bonchev–Trinajstić information content (AvgIpc) is 3.15. The molecule has 0 aromatic heterocycles. The molecule has 3 aromatic rings. The summed E-state index contributed by atoms with van der Waals surface area (Å²) in [5.41, 5.74) is 3.73. The predicted molar refractivity (Wildman–Crippen MR) is 203 cm³/mol. The molecule has 4 atom stereocenters. The van der Waals surface area contributed by atoms with Crippen LogP contribution in [0.5, 0.6) is 0 Å². The molecule has 1 aliphatic rings. The van der Waals surface area contributed by atoms with Crippen molar-refractivity contribution >= 4 is 10.0 Å². The van der Waals surface area contributed by atoms with Crippen LogP contribution in [-0.4, -0.2) is 44.2 Å². The van der Waals surface area contributed by atoms with E-state index < -0.39 is 16.3 Å². The molecule has 1 heterocycles. The van der Waals surface area contributed by atoms with E-state index in [0.29, 0.717) is 0 Å². The van der Waals surface area contributed by atoms with Gasteiger partial charge in [-0.3, -0.25) is 0 Å². The minimum absolute atomic E-state index is 0.00935. The SMILES string of the molecule is CCCCCCCCN(CCCCCCCC)CC1OC(c2ccc(CNS(=O)(=O)c3ccccc3)cc2)OC(c2ccc(CO)cc2)C1C. The van der Waals surface area contributed by atoms with E-state index in [0.717, 1.165) is 41.9 Å². The Labute approximate surface area is 302 Å². The fourth-order valence-corrected chi connectivity index (χ4v) is 7.80. The van der Waals surface area contributed by atoms with Gasteiger partial charge >= 0.3 is 0 Å². The first-order valence-corrected chi connectivity index (χ1v) is 20.7. The van der Waals surface area contributed by atoms with Crippen molar-refractivity contribution in [2.45, 2.75) is 134 Å². The van der Waals surface area contributed by atoms with Crippen LogP contribution < -0.4 is 4.72 Å². The van der Waals surface area contributed by atoms with Gasteiger partial charge in [-0.15, -0.1) is 0 Å². The van der Waals surface area contributed by atoms with Gasteiger partial charge in [-0.25, -0.2) is 13.1 Å². The van der Waals surface area contributed by atoms with Crippen molar-refractivity contribution in [2.75, 3.05) is 19.6 Å². The van der Waals surface area contributed by atoms with Crippen LogP contribution >= 0.6 is 0 Å². The summed E-state index contributed by atoms with van der Waals surface area (Å²) in [5, 5.41) is 9.65. The van der Waals surface area contributed by atoms with Gasteiger partial charge in [0.05, 0.1) is 23.7 Å². The second-order valence-corrected chi connectivity index (χ2v) is 15.8. The van der Waals surface area contributed by atoms with Crippen LogP contribution in [0, 0.1) is 5.92 Å². The van der Waals surface area contributed by atoms with E-state index >= 15 is 0 Å². The molecule has 1 fully saturated rings. The van der Waals surface area contributed by atoms with Gasteiger partial charge in [0.2, 0.25) is 10.0 Å². The van der Waals surface area contributed by atoms with Gasteiger partial charge in [-0.05, 0) is 54.8 Å². The van der Waals surface area contributed by atoms with Crippen LogP contribution in [0.4, 0.5) is 0 Å². The molecule has 2 N–H and O–H groups in total. The lowest BCUT2D eigenvalue weighted by Crippen LogP contribution is -2.45. The van der Waals surface area contributed by atoms with Gasteiger partial charge in [0, 0.05) is 24.6 Å². The Kier molecular flexibility index (Phi) is 17.4. The van der Waals surface area contributed by atoms with Crippen molar-refractivity contribution in [3.8, 4) is 0 Å². The van der Waals surface area contributed by atoms with E-state index in [9.17, 15) is 13.5 Å². The summed E-state index contributed by atoms with van der Waals surface area (Å²) in [6.07, 6.45) is 14.6. The van der Waals surface area contributed by atoms with E-state index in [1.165, 1.54) is 77.0 Å². The Hall–Kier alpha value is -2.59. The zero-order valence-electron chi connectivity index (χ0n) is 30.8. The van der Waals surface area contributed by atoms with Crippen molar-refractivity contribution in [3.05, 3.63) is 101 Å². The molecule has 4 unspecified atom stereocenters. The molecule has 0 spiro atoms. The molecule has 0 radical (unpaired) electrons. The number of nitrogens with zero attached hydrogens (tertiary/aromatic N) is 1. The van der Waals surface area contributed by atoms with Gasteiger partial charge in [0.15, 0.2) is 6.29 Å². The number of rotatable bonds is 23. The summed E-state index contributed by atoms with van der Waals surface area (Å²) in [6, 6.07) is 24.4. The number of hydrogen-bond donors (Lipinski definition) is 2. The molecule has 8 heteroatoms. The Balaban J connectivity index is 1.48. The molecule has 4 rings (SSSR count). The predicted octanol–water partition coefficient (Wildman–Crippen LogP) is 9.47. The monoisotopic (exact) mass is 706 g/mol. The first-order valence-electron chi connectivity index (χ1n) is 19.2. The summed E-state index contributed by atoms with van der Waals surface area (Å²) in [4.78, 5) is 2.89. The van der Waals surface area contributed by atoms with Gasteiger partial charge < -0.3 is 19.5 Å². The average molecular weight is 707 g/mol. The first kappa shape index (κ1) is 40.2. The molecule has 0 aliphatic carbocycles. The molecule has 1 saturated heterocycles. The highest BCUT2D eigenvalue weighted by Gasteiger charge is 2.39. The van der Waals surface area contributed by atoms with Crippen LogP contribution in [0.1, 0.15) is 132 Å². The van der Waals surface area contributed by atoms with E-state index in [-0.39, 0.29) is 36.2 Å². The minimum atomic E-state index is -3.60. The van der Waals surface area contributed by atoms with Crippen LogP contribution in [0.15, 0.2) is 83.8 Å². The second kappa shape index (κ2) is 21.7. The third-order valence-electron chi connectivity index (χ3n) is 9.99. The van der Waals surface area contributed by atoms with E-state index in [1.54, 1.807) is 30.3 Å².